The molecule has 1 aromatic carbocycles. The second-order valence-corrected chi connectivity index (χ2v) is 8.42. The van der Waals surface area contributed by atoms with Crippen LogP contribution in [0.1, 0.15) is 29.1 Å². The molecule has 158 valence electrons. The molecule has 30 heavy (non-hydrogen) atoms. The van der Waals surface area contributed by atoms with E-state index in [0.717, 1.165) is 6.07 Å². The van der Waals surface area contributed by atoms with E-state index in [9.17, 15) is 26.4 Å². The summed E-state index contributed by atoms with van der Waals surface area (Å²) in [5.74, 6) is -0.112. The second kappa shape index (κ2) is 8.03. The normalized spacial score (nSPS) is 13.1. The number of nitrogens with one attached hydrogen (secondary N) is 1. The van der Waals surface area contributed by atoms with Gasteiger partial charge in [-0.1, -0.05) is 17.7 Å². The van der Waals surface area contributed by atoms with Crippen LogP contribution in [0.2, 0.25) is 5.02 Å². The average Bonchev–Trinajstić information content (AvgIpc) is 3.17. The van der Waals surface area contributed by atoms with Gasteiger partial charge in [-0.2, -0.15) is 23.0 Å². The number of halogens is 4. The third kappa shape index (κ3) is 4.28. The van der Waals surface area contributed by atoms with Gasteiger partial charge in [0.2, 0.25) is 0 Å². The van der Waals surface area contributed by atoms with Gasteiger partial charge in [0.25, 0.3) is 15.7 Å². The zero-order valence-electron chi connectivity index (χ0n) is 15.1. The summed E-state index contributed by atoms with van der Waals surface area (Å²) in [4.78, 5) is 19.6. The summed E-state index contributed by atoms with van der Waals surface area (Å²) < 4.78 is 63.2. The van der Waals surface area contributed by atoms with Gasteiger partial charge in [0.15, 0.2) is 11.6 Å². The molecule has 0 spiro atoms. The van der Waals surface area contributed by atoms with Gasteiger partial charge in [-0.15, -0.1) is 0 Å². The molecule has 2 aromatic heterocycles. The number of hydrogen-bond acceptors (Lipinski definition) is 6. The number of hydrogen-bond donors (Lipinski definition) is 1. The van der Waals surface area contributed by atoms with E-state index in [-0.39, 0.29) is 10.6 Å². The van der Waals surface area contributed by atoms with Gasteiger partial charge in [0.05, 0.1) is 10.9 Å². The van der Waals surface area contributed by atoms with Crippen molar-refractivity contribution in [3.05, 3.63) is 65.3 Å². The van der Waals surface area contributed by atoms with E-state index in [1.807, 2.05) is 0 Å². The summed E-state index contributed by atoms with van der Waals surface area (Å²) in [6, 6.07) is 6.65. The van der Waals surface area contributed by atoms with Crippen molar-refractivity contribution in [2.24, 2.45) is 0 Å². The zero-order chi connectivity index (χ0) is 22.1. The lowest BCUT2D eigenvalue weighted by molar-refractivity contribution is -0.0436. The highest BCUT2D eigenvalue weighted by Gasteiger charge is 2.47. The van der Waals surface area contributed by atoms with Crippen LogP contribution in [-0.4, -0.2) is 39.6 Å². The molecule has 0 aliphatic rings. The van der Waals surface area contributed by atoms with Crippen LogP contribution in [0, 0.1) is 0 Å². The minimum absolute atomic E-state index is 0.298. The molecular formula is C17H13ClF3N5O3S. The Labute approximate surface area is 173 Å². The van der Waals surface area contributed by atoms with Crippen molar-refractivity contribution in [1.82, 2.24) is 25.1 Å². The highest BCUT2D eigenvalue weighted by molar-refractivity contribution is 7.92. The Bertz CT molecular complexity index is 1180. The first-order valence-corrected chi connectivity index (χ1v) is 10.1. The summed E-state index contributed by atoms with van der Waals surface area (Å²) in [6.45, 7) is 1.57. The van der Waals surface area contributed by atoms with E-state index in [2.05, 4.69) is 20.4 Å². The lowest BCUT2D eigenvalue weighted by Crippen LogP contribution is -2.29. The molecule has 13 heteroatoms. The molecule has 0 radical (unpaired) electrons. The maximum absolute atomic E-state index is 12.8. The van der Waals surface area contributed by atoms with Gasteiger partial charge in [-0.05, 0) is 37.3 Å². The minimum atomic E-state index is -5.67. The van der Waals surface area contributed by atoms with Crippen LogP contribution in [0.4, 0.5) is 13.2 Å². The van der Waals surface area contributed by atoms with Crippen LogP contribution >= 0.6 is 11.6 Å². The first-order valence-electron chi connectivity index (χ1n) is 8.25. The molecule has 0 bridgehead atoms. The van der Waals surface area contributed by atoms with Crippen molar-refractivity contribution < 1.29 is 26.4 Å². The molecule has 0 saturated carbocycles. The van der Waals surface area contributed by atoms with Crippen LogP contribution in [0.5, 0.6) is 0 Å². The highest BCUT2D eigenvalue weighted by Crippen LogP contribution is 2.32. The quantitative estimate of drug-likeness (QED) is 0.628. The van der Waals surface area contributed by atoms with Gasteiger partial charge in [0, 0.05) is 16.8 Å². The number of alkyl halides is 3. The Morgan fingerprint density at radius 3 is 2.57 bits per heavy atom. The lowest BCUT2D eigenvalue weighted by Gasteiger charge is -2.15. The van der Waals surface area contributed by atoms with E-state index in [1.165, 1.54) is 11.0 Å². The molecule has 2 heterocycles. The molecule has 0 saturated heterocycles. The Balaban J connectivity index is 1.88. The Kier molecular flexibility index (Phi) is 5.81. The van der Waals surface area contributed by atoms with Crippen molar-refractivity contribution >= 4 is 27.3 Å². The Hall–Kier alpha value is -2.99. The number of carbonyl (C=O) groups is 1. The molecule has 0 aliphatic heterocycles. The monoisotopic (exact) mass is 459 g/mol. The average molecular weight is 460 g/mol. The van der Waals surface area contributed by atoms with Crippen LogP contribution in [0.3, 0.4) is 0 Å². The third-order valence-corrected chi connectivity index (χ3v) is 5.61. The fourth-order valence-corrected chi connectivity index (χ4v) is 3.66. The van der Waals surface area contributed by atoms with E-state index in [1.54, 1.807) is 31.3 Å². The molecule has 0 fully saturated rings. The number of rotatable bonds is 5. The van der Waals surface area contributed by atoms with Gasteiger partial charge < -0.3 is 5.32 Å². The van der Waals surface area contributed by atoms with Crippen molar-refractivity contribution in [1.29, 1.82) is 0 Å². The van der Waals surface area contributed by atoms with Crippen molar-refractivity contribution in [2.45, 2.75) is 23.4 Å². The van der Waals surface area contributed by atoms with E-state index >= 15 is 0 Å². The highest BCUT2D eigenvalue weighted by atomic mass is 35.5. The SMILES string of the molecule is C[C@@H](NC(=O)c1cc(Cl)cc(S(=O)(=O)C(F)(F)F)c1)c1ncnn1-c1ccccn1. The van der Waals surface area contributed by atoms with Gasteiger partial charge in [0.1, 0.15) is 6.33 Å². The van der Waals surface area contributed by atoms with E-state index in [4.69, 9.17) is 11.6 Å². The predicted octanol–water partition coefficient (Wildman–Crippen LogP) is 3.10. The largest absolute Gasteiger partial charge is 0.501 e. The molecule has 0 aliphatic carbocycles. The molecule has 3 rings (SSSR count). The van der Waals surface area contributed by atoms with E-state index in [0.29, 0.717) is 23.8 Å². The molecular weight excluding hydrogens is 447 g/mol. The topological polar surface area (TPSA) is 107 Å². The first-order chi connectivity index (χ1) is 14.0. The number of aromatic nitrogens is 4. The fourth-order valence-electron chi connectivity index (χ4n) is 2.53. The number of benzene rings is 1. The Morgan fingerprint density at radius 1 is 1.20 bits per heavy atom. The van der Waals surface area contributed by atoms with Crippen molar-refractivity contribution in [3.63, 3.8) is 0 Å². The minimum Gasteiger partial charge on any atom is -0.342 e. The van der Waals surface area contributed by atoms with Crippen LogP contribution in [0.15, 0.2) is 53.8 Å². The smallest absolute Gasteiger partial charge is 0.342 e. The van der Waals surface area contributed by atoms with Gasteiger partial charge in [-0.25, -0.2) is 18.4 Å². The van der Waals surface area contributed by atoms with Gasteiger partial charge >= 0.3 is 5.51 Å². The summed E-state index contributed by atoms with van der Waals surface area (Å²) in [5.41, 5.74) is -5.89. The molecule has 8 nitrogen and oxygen atoms in total. The maximum Gasteiger partial charge on any atom is 0.501 e. The van der Waals surface area contributed by atoms with Crippen LogP contribution < -0.4 is 5.32 Å². The fraction of sp³-hybridized carbons (Fsp3) is 0.176. The third-order valence-electron chi connectivity index (χ3n) is 3.92. The number of pyridine rings is 1. The summed E-state index contributed by atoms with van der Waals surface area (Å²) in [6.07, 6.45) is 2.79. The van der Waals surface area contributed by atoms with Crippen LogP contribution in [-0.2, 0) is 9.84 Å². The number of nitrogens with zero attached hydrogens (tertiary/aromatic N) is 4. The molecule has 0 unspecified atom stereocenters. The lowest BCUT2D eigenvalue weighted by atomic mass is 10.2. The summed E-state index contributed by atoms with van der Waals surface area (Å²) in [7, 11) is -5.67. The number of amides is 1. The molecule has 1 amide bonds. The molecule has 3 aromatic rings. The maximum atomic E-state index is 12.8. The van der Waals surface area contributed by atoms with Crippen molar-refractivity contribution in [2.75, 3.05) is 0 Å². The number of carbonyl (C=O) groups excluding carboxylic acids is 1. The summed E-state index contributed by atoms with van der Waals surface area (Å²) >= 11 is 5.75. The summed E-state index contributed by atoms with van der Waals surface area (Å²) in [5, 5.41) is 6.23. The predicted molar refractivity (Wildman–Crippen MR) is 99.7 cm³/mol. The Morgan fingerprint density at radius 2 is 1.93 bits per heavy atom. The van der Waals surface area contributed by atoms with Gasteiger partial charge in [-0.3, -0.25) is 4.79 Å². The molecule has 1 atom stereocenters. The van der Waals surface area contributed by atoms with Crippen molar-refractivity contribution in [3.8, 4) is 5.82 Å². The molecule has 1 N–H and O–H groups in total. The first kappa shape index (κ1) is 21.7. The standard InChI is InChI=1S/C17H13ClF3N5O3S/c1-10(15-23-9-24-26(15)14-4-2-3-5-22-14)25-16(27)11-6-12(18)8-13(7-11)30(28,29)17(19,20)21/h2-10H,1H3,(H,25,27)/t10-/m1/s1. The number of sulfone groups is 1. The second-order valence-electron chi connectivity index (χ2n) is 6.04. The van der Waals surface area contributed by atoms with E-state index < -0.39 is 32.2 Å². The van der Waals surface area contributed by atoms with Crippen LogP contribution in [0.25, 0.3) is 5.82 Å². The zero-order valence-corrected chi connectivity index (χ0v) is 16.7.